The fourth-order valence-corrected chi connectivity index (χ4v) is 2.04. The van der Waals surface area contributed by atoms with E-state index in [0.29, 0.717) is 24.8 Å². The minimum atomic E-state index is -0.293. The van der Waals surface area contributed by atoms with Crippen molar-refractivity contribution in [1.29, 1.82) is 0 Å². The van der Waals surface area contributed by atoms with E-state index < -0.39 is 0 Å². The zero-order chi connectivity index (χ0) is 17.4. The predicted octanol–water partition coefficient (Wildman–Crippen LogP) is 3.72. The highest BCUT2D eigenvalue weighted by atomic mass is 127. The zero-order valence-corrected chi connectivity index (χ0v) is 16.5. The lowest BCUT2D eigenvalue weighted by molar-refractivity contribution is 0.223. The molecule has 1 atom stereocenters. The average Bonchev–Trinajstić information content (AvgIpc) is 2.58. The lowest BCUT2D eigenvalue weighted by atomic mass is 10.2. The molecule has 0 aliphatic rings. The Balaban J connectivity index is 0.00000312. The van der Waals surface area contributed by atoms with Gasteiger partial charge in [-0.3, -0.25) is 4.99 Å². The first-order valence-electron chi connectivity index (χ1n) is 7.68. The first-order chi connectivity index (χ1) is 11.6. The van der Waals surface area contributed by atoms with Gasteiger partial charge >= 0.3 is 0 Å². The summed E-state index contributed by atoms with van der Waals surface area (Å²) in [5, 5.41) is 6.29. The highest BCUT2D eigenvalue weighted by Crippen LogP contribution is 2.12. The summed E-state index contributed by atoms with van der Waals surface area (Å²) in [6, 6.07) is 12.2. The molecule has 0 aliphatic carbocycles. The summed E-state index contributed by atoms with van der Waals surface area (Å²) in [5.74, 6) is 0.681. The SMILES string of the molecule is CN=C(NCc1ccc(F)cc1)NCC(C)Oc1ccc(F)cc1.I. The molecule has 0 saturated carbocycles. The van der Waals surface area contributed by atoms with Crippen molar-refractivity contribution in [1.82, 2.24) is 10.6 Å². The smallest absolute Gasteiger partial charge is 0.191 e. The lowest BCUT2D eigenvalue weighted by Gasteiger charge is -2.17. The van der Waals surface area contributed by atoms with Gasteiger partial charge in [-0.05, 0) is 48.9 Å². The summed E-state index contributed by atoms with van der Waals surface area (Å²) >= 11 is 0. The molecule has 4 nitrogen and oxygen atoms in total. The Bertz CT molecular complexity index is 663. The number of ether oxygens (including phenoxy) is 1. The van der Waals surface area contributed by atoms with Crippen molar-refractivity contribution >= 4 is 29.9 Å². The van der Waals surface area contributed by atoms with Crippen LogP contribution in [0.3, 0.4) is 0 Å². The van der Waals surface area contributed by atoms with Crippen molar-refractivity contribution in [3.05, 3.63) is 65.7 Å². The molecule has 0 radical (unpaired) electrons. The fourth-order valence-electron chi connectivity index (χ4n) is 2.04. The third kappa shape index (κ3) is 7.68. The van der Waals surface area contributed by atoms with Gasteiger partial charge in [0.05, 0.1) is 6.54 Å². The first-order valence-corrected chi connectivity index (χ1v) is 7.68. The van der Waals surface area contributed by atoms with Crippen LogP contribution in [-0.2, 0) is 6.54 Å². The van der Waals surface area contributed by atoms with Gasteiger partial charge < -0.3 is 15.4 Å². The number of nitrogens with one attached hydrogen (secondary N) is 2. The van der Waals surface area contributed by atoms with Crippen LogP contribution in [0, 0.1) is 11.6 Å². The molecular weight excluding hydrogens is 439 g/mol. The second kappa shape index (κ2) is 10.9. The standard InChI is InChI=1S/C18H21F2N3O.HI/c1-13(24-17-9-7-16(20)8-10-17)11-22-18(21-2)23-12-14-3-5-15(19)6-4-14;/h3-10,13H,11-12H2,1-2H3,(H2,21,22,23);1H. The summed E-state index contributed by atoms with van der Waals surface area (Å²) in [7, 11) is 1.67. The van der Waals surface area contributed by atoms with Crippen LogP contribution < -0.4 is 15.4 Å². The number of nitrogens with zero attached hydrogens (tertiary/aromatic N) is 1. The molecule has 0 aromatic heterocycles. The molecular formula is C18H22F2IN3O. The Hall–Kier alpha value is -1.90. The van der Waals surface area contributed by atoms with Gasteiger partial charge in [-0.25, -0.2) is 8.78 Å². The van der Waals surface area contributed by atoms with E-state index in [1.807, 2.05) is 6.92 Å². The Morgan fingerprint density at radius 1 is 1.00 bits per heavy atom. The predicted molar refractivity (Wildman–Crippen MR) is 107 cm³/mol. The lowest BCUT2D eigenvalue weighted by Crippen LogP contribution is -2.41. The van der Waals surface area contributed by atoms with E-state index in [1.165, 1.54) is 24.3 Å². The summed E-state index contributed by atoms with van der Waals surface area (Å²) < 4.78 is 31.4. The zero-order valence-electron chi connectivity index (χ0n) is 14.1. The third-order valence-corrected chi connectivity index (χ3v) is 3.30. The molecule has 0 aliphatic heterocycles. The number of rotatable bonds is 6. The van der Waals surface area contributed by atoms with Gasteiger partial charge in [0.2, 0.25) is 0 Å². The van der Waals surface area contributed by atoms with E-state index >= 15 is 0 Å². The van der Waals surface area contributed by atoms with Crippen LogP contribution in [0.1, 0.15) is 12.5 Å². The maximum Gasteiger partial charge on any atom is 0.191 e. The van der Waals surface area contributed by atoms with E-state index in [2.05, 4.69) is 15.6 Å². The van der Waals surface area contributed by atoms with Crippen molar-refractivity contribution in [2.75, 3.05) is 13.6 Å². The van der Waals surface area contributed by atoms with Gasteiger partial charge in [0.15, 0.2) is 5.96 Å². The van der Waals surface area contributed by atoms with Crippen LogP contribution in [0.25, 0.3) is 0 Å². The van der Waals surface area contributed by atoms with Gasteiger partial charge in [-0.1, -0.05) is 12.1 Å². The molecule has 7 heteroatoms. The van der Waals surface area contributed by atoms with E-state index in [9.17, 15) is 8.78 Å². The van der Waals surface area contributed by atoms with Crippen LogP contribution in [0.4, 0.5) is 8.78 Å². The van der Waals surface area contributed by atoms with E-state index in [4.69, 9.17) is 4.74 Å². The normalized spacial score (nSPS) is 12.1. The van der Waals surface area contributed by atoms with Crippen LogP contribution in [-0.4, -0.2) is 25.7 Å². The Morgan fingerprint density at radius 2 is 1.56 bits per heavy atom. The molecule has 0 heterocycles. The molecule has 2 aromatic carbocycles. The minimum Gasteiger partial charge on any atom is -0.489 e. The second-order valence-corrected chi connectivity index (χ2v) is 5.32. The van der Waals surface area contributed by atoms with Crippen LogP contribution in [0.15, 0.2) is 53.5 Å². The largest absolute Gasteiger partial charge is 0.489 e. The molecule has 2 N–H and O–H groups in total. The molecule has 2 rings (SSSR count). The minimum absolute atomic E-state index is 0. The van der Waals surface area contributed by atoms with Gasteiger partial charge in [-0.15, -0.1) is 24.0 Å². The van der Waals surface area contributed by atoms with Gasteiger partial charge in [0.1, 0.15) is 23.5 Å². The molecule has 0 amide bonds. The van der Waals surface area contributed by atoms with Crippen molar-refractivity contribution < 1.29 is 13.5 Å². The van der Waals surface area contributed by atoms with Crippen LogP contribution in [0.5, 0.6) is 5.75 Å². The second-order valence-electron chi connectivity index (χ2n) is 5.32. The monoisotopic (exact) mass is 461 g/mol. The third-order valence-electron chi connectivity index (χ3n) is 3.30. The van der Waals surface area contributed by atoms with Crippen molar-refractivity contribution in [2.45, 2.75) is 19.6 Å². The summed E-state index contributed by atoms with van der Waals surface area (Å²) in [5.41, 5.74) is 0.954. The van der Waals surface area contributed by atoms with Crippen molar-refractivity contribution in [3.8, 4) is 5.75 Å². The number of hydrogen-bond donors (Lipinski definition) is 2. The fraction of sp³-hybridized carbons (Fsp3) is 0.278. The number of halogens is 3. The van der Waals surface area contributed by atoms with Crippen molar-refractivity contribution in [3.63, 3.8) is 0 Å². The summed E-state index contributed by atoms with van der Waals surface area (Å²) in [4.78, 5) is 4.13. The quantitative estimate of drug-likeness (QED) is 0.392. The average molecular weight is 461 g/mol. The molecule has 1 unspecified atom stereocenters. The molecule has 136 valence electrons. The van der Waals surface area contributed by atoms with E-state index in [0.717, 1.165) is 5.56 Å². The van der Waals surface area contributed by atoms with Crippen molar-refractivity contribution in [2.24, 2.45) is 4.99 Å². The molecule has 2 aromatic rings. The molecule has 0 saturated heterocycles. The molecule has 0 spiro atoms. The maximum atomic E-state index is 12.9. The summed E-state index contributed by atoms with van der Waals surface area (Å²) in [6.45, 7) is 2.97. The molecule has 0 fully saturated rings. The first kappa shape index (κ1) is 21.1. The van der Waals surface area contributed by atoms with Gasteiger partial charge in [0.25, 0.3) is 0 Å². The summed E-state index contributed by atoms with van der Waals surface area (Å²) in [6.07, 6.45) is -0.125. The highest BCUT2D eigenvalue weighted by Gasteiger charge is 2.06. The highest BCUT2D eigenvalue weighted by molar-refractivity contribution is 14.0. The molecule has 0 bridgehead atoms. The van der Waals surface area contributed by atoms with Gasteiger partial charge in [0, 0.05) is 13.6 Å². The number of hydrogen-bond acceptors (Lipinski definition) is 2. The maximum absolute atomic E-state index is 12.9. The van der Waals surface area contributed by atoms with E-state index in [-0.39, 0.29) is 41.7 Å². The number of benzene rings is 2. The Labute approximate surface area is 163 Å². The van der Waals surface area contributed by atoms with Gasteiger partial charge in [-0.2, -0.15) is 0 Å². The topological polar surface area (TPSA) is 45.7 Å². The Morgan fingerprint density at radius 3 is 2.12 bits per heavy atom. The molecule has 25 heavy (non-hydrogen) atoms. The Kier molecular flexibility index (Phi) is 9.18. The number of guanidine groups is 1. The number of aliphatic imine (C=N–C) groups is 1. The van der Waals surface area contributed by atoms with Crippen LogP contribution in [0.2, 0.25) is 0 Å². The van der Waals surface area contributed by atoms with Crippen LogP contribution >= 0.6 is 24.0 Å². The van der Waals surface area contributed by atoms with E-state index in [1.54, 1.807) is 31.3 Å².